The summed E-state index contributed by atoms with van der Waals surface area (Å²) >= 11 is 0. The first-order chi connectivity index (χ1) is 6.33. The summed E-state index contributed by atoms with van der Waals surface area (Å²) < 4.78 is 0. The van der Waals surface area contributed by atoms with Gasteiger partial charge >= 0.3 is 0 Å². The van der Waals surface area contributed by atoms with Crippen molar-refractivity contribution in [3.8, 4) is 0 Å². The number of hydrogen-bond acceptors (Lipinski definition) is 1. The first kappa shape index (κ1) is 14.8. The van der Waals surface area contributed by atoms with E-state index >= 15 is 0 Å². The lowest BCUT2D eigenvalue weighted by Crippen LogP contribution is -2.43. The van der Waals surface area contributed by atoms with E-state index in [0.29, 0.717) is 0 Å². The molecule has 1 unspecified atom stereocenters. The van der Waals surface area contributed by atoms with E-state index in [1.54, 1.807) is 7.05 Å². The Bertz CT molecular complexity index is 234. The van der Waals surface area contributed by atoms with Gasteiger partial charge in [0.2, 0.25) is 5.91 Å². The van der Waals surface area contributed by atoms with Crippen molar-refractivity contribution in [3.05, 3.63) is 0 Å². The number of carbonyl (C=O) groups is 1. The molecule has 0 spiro atoms. The standard InChI is InChI=1S/C12H23NO.H2S/c1-11(2,3)12(4)8-6-7-9(12)10(14)13-5;/h9H,6-8H2,1-5H3,(H,13,14);1H2/t9?,12-;/m1./s1. The molecule has 0 aromatic heterocycles. The SMILES string of the molecule is CNC(=O)C1CCC[C@@]1(C)C(C)(C)C.S. The molecule has 1 N–H and O–H groups in total. The Morgan fingerprint density at radius 1 is 1.40 bits per heavy atom. The van der Waals surface area contributed by atoms with E-state index in [1.165, 1.54) is 12.8 Å². The maximum absolute atomic E-state index is 11.8. The van der Waals surface area contributed by atoms with Crippen molar-refractivity contribution in [1.82, 2.24) is 5.32 Å². The summed E-state index contributed by atoms with van der Waals surface area (Å²) in [6.45, 7) is 9.00. The van der Waals surface area contributed by atoms with E-state index in [-0.39, 0.29) is 36.2 Å². The Morgan fingerprint density at radius 3 is 2.33 bits per heavy atom. The van der Waals surface area contributed by atoms with E-state index in [0.717, 1.165) is 6.42 Å². The third-order valence-corrected chi connectivity index (χ3v) is 4.23. The molecule has 0 aromatic carbocycles. The Kier molecular flexibility index (Phi) is 4.71. The van der Waals surface area contributed by atoms with Crippen molar-refractivity contribution in [2.45, 2.75) is 47.0 Å². The molecule has 0 aliphatic heterocycles. The van der Waals surface area contributed by atoms with Gasteiger partial charge < -0.3 is 5.32 Å². The largest absolute Gasteiger partial charge is 0.359 e. The number of carbonyl (C=O) groups excluding carboxylic acids is 1. The topological polar surface area (TPSA) is 29.1 Å². The molecule has 1 aliphatic rings. The minimum atomic E-state index is 0. The van der Waals surface area contributed by atoms with Gasteiger partial charge in [0.05, 0.1) is 0 Å². The number of amides is 1. The van der Waals surface area contributed by atoms with E-state index in [1.807, 2.05) is 0 Å². The quantitative estimate of drug-likeness (QED) is 0.738. The van der Waals surface area contributed by atoms with Crippen molar-refractivity contribution < 1.29 is 4.79 Å². The second-order valence-corrected chi connectivity index (χ2v) is 5.73. The highest BCUT2D eigenvalue weighted by Crippen LogP contribution is 2.54. The smallest absolute Gasteiger partial charge is 0.223 e. The molecule has 15 heavy (non-hydrogen) atoms. The minimum Gasteiger partial charge on any atom is -0.359 e. The highest BCUT2D eigenvalue weighted by molar-refractivity contribution is 7.59. The highest BCUT2D eigenvalue weighted by Gasteiger charge is 2.49. The van der Waals surface area contributed by atoms with Crippen LogP contribution in [0.25, 0.3) is 0 Å². The Hall–Kier alpha value is -0.180. The summed E-state index contributed by atoms with van der Waals surface area (Å²) in [5, 5.41) is 2.80. The lowest BCUT2D eigenvalue weighted by atomic mass is 9.62. The molecule has 1 saturated carbocycles. The maximum atomic E-state index is 11.8. The molecule has 0 bridgehead atoms. The third-order valence-electron chi connectivity index (χ3n) is 4.23. The molecule has 3 heteroatoms. The van der Waals surface area contributed by atoms with Gasteiger partial charge in [0, 0.05) is 13.0 Å². The van der Waals surface area contributed by atoms with Crippen molar-refractivity contribution in [3.63, 3.8) is 0 Å². The summed E-state index contributed by atoms with van der Waals surface area (Å²) in [6, 6.07) is 0. The van der Waals surface area contributed by atoms with Crippen LogP contribution in [0, 0.1) is 16.7 Å². The van der Waals surface area contributed by atoms with Crippen molar-refractivity contribution >= 4 is 19.4 Å². The van der Waals surface area contributed by atoms with Gasteiger partial charge in [-0.3, -0.25) is 4.79 Å². The van der Waals surface area contributed by atoms with Crippen molar-refractivity contribution in [2.24, 2.45) is 16.7 Å². The Morgan fingerprint density at radius 2 is 1.93 bits per heavy atom. The molecule has 1 rings (SSSR count). The lowest BCUT2D eigenvalue weighted by Gasteiger charge is -2.43. The summed E-state index contributed by atoms with van der Waals surface area (Å²) in [7, 11) is 1.74. The van der Waals surface area contributed by atoms with Gasteiger partial charge in [0.15, 0.2) is 0 Å². The average molecular weight is 231 g/mol. The summed E-state index contributed by atoms with van der Waals surface area (Å²) in [5.74, 6) is 0.424. The van der Waals surface area contributed by atoms with Crippen LogP contribution in [0.4, 0.5) is 0 Å². The molecular formula is C12H25NOS. The van der Waals surface area contributed by atoms with Crippen LogP contribution in [0.3, 0.4) is 0 Å². The van der Waals surface area contributed by atoms with E-state index in [9.17, 15) is 4.79 Å². The fourth-order valence-electron chi connectivity index (χ4n) is 2.66. The molecule has 1 fully saturated rings. The summed E-state index contributed by atoms with van der Waals surface area (Å²) in [5.41, 5.74) is 0.369. The van der Waals surface area contributed by atoms with Crippen molar-refractivity contribution in [1.29, 1.82) is 0 Å². The predicted octanol–water partition coefficient (Wildman–Crippen LogP) is 2.70. The molecule has 0 aromatic rings. The van der Waals surface area contributed by atoms with Crippen LogP contribution in [0.2, 0.25) is 0 Å². The fraction of sp³-hybridized carbons (Fsp3) is 0.917. The van der Waals surface area contributed by atoms with Crippen LogP contribution in [0.1, 0.15) is 47.0 Å². The Labute approximate surface area is 101 Å². The van der Waals surface area contributed by atoms with Gasteiger partial charge in [-0.25, -0.2) is 0 Å². The first-order valence-electron chi connectivity index (χ1n) is 5.54. The molecule has 90 valence electrons. The Balaban J connectivity index is 0.00000196. The molecular weight excluding hydrogens is 206 g/mol. The number of hydrogen-bond donors (Lipinski definition) is 1. The van der Waals surface area contributed by atoms with Gasteiger partial charge in [-0.2, -0.15) is 13.5 Å². The monoisotopic (exact) mass is 231 g/mol. The van der Waals surface area contributed by atoms with Gasteiger partial charge in [-0.15, -0.1) is 0 Å². The molecule has 2 nitrogen and oxygen atoms in total. The van der Waals surface area contributed by atoms with Crippen LogP contribution in [0.5, 0.6) is 0 Å². The zero-order chi connectivity index (χ0) is 11.0. The normalized spacial score (nSPS) is 30.9. The highest BCUT2D eigenvalue weighted by atomic mass is 32.1. The van der Waals surface area contributed by atoms with Crippen LogP contribution in [-0.2, 0) is 4.79 Å². The van der Waals surface area contributed by atoms with E-state index in [2.05, 4.69) is 33.0 Å². The molecule has 2 atom stereocenters. The van der Waals surface area contributed by atoms with Gasteiger partial charge in [-0.05, 0) is 23.7 Å². The summed E-state index contributed by atoms with van der Waals surface area (Å²) in [4.78, 5) is 11.8. The zero-order valence-electron chi connectivity index (χ0n) is 10.6. The summed E-state index contributed by atoms with van der Waals surface area (Å²) in [6.07, 6.45) is 3.41. The van der Waals surface area contributed by atoms with E-state index in [4.69, 9.17) is 0 Å². The zero-order valence-corrected chi connectivity index (χ0v) is 11.6. The maximum Gasteiger partial charge on any atom is 0.223 e. The lowest BCUT2D eigenvalue weighted by molar-refractivity contribution is -0.130. The number of nitrogens with one attached hydrogen (secondary N) is 1. The first-order valence-corrected chi connectivity index (χ1v) is 5.54. The van der Waals surface area contributed by atoms with Crippen LogP contribution in [0.15, 0.2) is 0 Å². The van der Waals surface area contributed by atoms with Crippen LogP contribution in [-0.4, -0.2) is 13.0 Å². The van der Waals surface area contributed by atoms with Crippen molar-refractivity contribution in [2.75, 3.05) is 7.05 Å². The fourth-order valence-corrected chi connectivity index (χ4v) is 2.66. The number of rotatable bonds is 1. The minimum absolute atomic E-state index is 0. The van der Waals surface area contributed by atoms with Gasteiger partial charge in [0.1, 0.15) is 0 Å². The predicted molar refractivity (Wildman–Crippen MR) is 69.4 cm³/mol. The molecule has 1 aliphatic carbocycles. The van der Waals surface area contributed by atoms with E-state index < -0.39 is 0 Å². The second kappa shape index (κ2) is 4.77. The van der Waals surface area contributed by atoms with Crippen LogP contribution < -0.4 is 5.32 Å². The third kappa shape index (κ3) is 2.49. The molecule has 1 amide bonds. The molecule has 0 radical (unpaired) electrons. The van der Waals surface area contributed by atoms with Gasteiger partial charge in [-0.1, -0.05) is 34.1 Å². The average Bonchev–Trinajstić information content (AvgIpc) is 2.46. The molecule has 0 heterocycles. The van der Waals surface area contributed by atoms with Crippen LogP contribution >= 0.6 is 13.5 Å². The van der Waals surface area contributed by atoms with Gasteiger partial charge in [0.25, 0.3) is 0 Å². The second-order valence-electron chi connectivity index (χ2n) is 5.73. The molecule has 0 saturated heterocycles.